The van der Waals surface area contributed by atoms with E-state index in [1.54, 1.807) is 0 Å². The second-order valence-electron chi connectivity index (χ2n) is 7.16. The van der Waals surface area contributed by atoms with Crippen LogP contribution in [0.5, 0.6) is 0 Å². The molecule has 128 valence electrons. The number of likely N-dealkylation sites (tertiary alicyclic amines) is 1. The van der Waals surface area contributed by atoms with E-state index in [4.69, 9.17) is 5.73 Å². The molecule has 0 amide bonds. The van der Waals surface area contributed by atoms with Gasteiger partial charge in [0.05, 0.1) is 0 Å². The monoisotopic (exact) mass is 330 g/mol. The van der Waals surface area contributed by atoms with Gasteiger partial charge in [-0.1, -0.05) is 31.2 Å². The van der Waals surface area contributed by atoms with E-state index in [-0.39, 0.29) is 23.0 Å². The molecule has 1 fully saturated rings. The zero-order chi connectivity index (χ0) is 17.2. The molecule has 24 heavy (non-hydrogen) atoms. The van der Waals surface area contributed by atoms with Crippen molar-refractivity contribution in [1.82, 2.24) is 4.90 Å². The summed E-state index contributed by atoms with van der Waals surface area (Å²) in [6, 6.07) is 13.2. The summed E-state index contributed by atoms with van der Waals surface area (Å²) in [7, 11) is 0. The van der Waals surface area contributed by atoms with Crippen molar-refractivity contribution < 1.29 is 8.78 Å². The highest BCUT2D eigenvalue weighted by Crippen LogP contribution is 2.32. The zero-order valence-electron chi connectivity index (χ0n) is 14.0. The van der Waals surface area contributed by atoms with Crippen LogP contribution in [0.4, 0.5) is 8.78 Å². The first-order valence-electron chi connectivity index (χ1n) is 8.42. The van der Waals surface area contributed by atoms with Crippen LogP contribution >= 0.6 is 0 Å². The molecular weight excluding hydrogens is 306 g/mol. The van der Waals surface area contributed by atoms with E-state index in [0.29, 0.717) is 6.54 Å². The Hall–Kier alpha value is -1.78. The molecule has 4 heteroatoms. The molecule has 1 aliphatic rings. The number of benzene rings is 2. The van der Waals surface area contributed by atoms with Crippen molar-refractivity contribution in [3.05, 3.63) is 71.3 Å². The van der Waals surface area contributed by atoms with Gasteiger partial charge in [0.25, 0.3) is 0 Å². The molecule has 0 bridgehead atoms. The lowest BCUT2D eigenvalue weighted by Crippen LogP contribution is -2.33. The van der Waals surface area contributed by atoms with Crippen LogP contribution in [-0.2, 0) is 0 Å². The van der Waals surface area contributed by atoms with Gasteiger partial charge in [-0.3, -0.25) is 0 Å². The summed E-state index contributed by atoms with van der Waals surface area (Å²) < 4.78 is 26.6. The van der Waals surface area contributed by atoms with Gasteiger partial charge in [0.15, 0.2) is 0 Å². The number of nitrogens with two attached hydrogens (primary N) is 1. The lowest BCUT2D eigenvalue weighted by atomic mass is 9.89. The van der Waals surface area contributed by atoms with Crippen LogP contribution in [0.15, 0.2) is 48.5 Å². The summed E-state index contributed by atoms with van der Waals surface area (Å²) in [5.74, 6) is -0.395. The van der Waals surface area contributed by atoms with Gasteiger partial charge in [-0.2, -0.15) is 0 Å². The van der Waals surface area contributed by atoms with Crippen LogP contribution in [-0.4, -0.2) is 31.1 Å². The molecule has 0 saturated carbocycles. The number of rotatable bonds is 5. The van der Waals surface area contributed by atoms with E-state index in [9.17, 15) is 8.78 Å². The highest BCUT2D eigenvalue weighted by Gasteiger charge is 2.33. The minimum atomic E-state index is -0.242. The van der Waals surface area contributed by atoms with E-state index in [1.807, 2.05) is 24.3 Å². The van der Waals surface area contributed by atoms with Gasteiger partial charge in [0.1, 0.15) is 11.6 Å². The Morgan fingerprint density at radius 3 is 1.92 bits per heavy atom. The van der Waals surface area contributed by atoms with Gasteiger partial charge in [-0.05, 0) is 60.3 Å². The minimum absolute atomic E-state index is 0.0892. The maximum absolute atomic E-state index is 13.3. The number of nitrogens with zero attached hydrogens (tertiary/aromatic N) is 1. The summed E-state index contributed by atoms with van der Waals surface area (Å²) in [5.41, 5.74) is 8.16. The topological polar surface area (TPSA) is 29.3 Å². The average molecular weight is 330 g/mol. The normalized spacial score (nSPS) is 21.5. The van der Waals surface area contributed by atoms with Crippen LogP contribution in [0.2, 0.25) is 0 Å². The fourth-order valence-electron chi connectivity index (χ4n) is 3.50. The summed E-state index contributed by atoms with van der Waals surface area (Å²) in [6.45, 7) is 5.70. The second-order valence-corrected chi connectivity index (χ2v) is 7.16. The van der Waals surface area contributed by atoms with Gasteiger partial charge >= 0.3 is 0 Å². The maximum atomic E-state index is 13.3. The highest BCUT2D eigenvalue weighted by atomic mass is 19.1. The molecule has 0 aromatic heterocycles. The van der Waals surface area contributed by atoms with Crippen molar-refractivity contribution in [3.63, 3.8) is 0 Å². The predicted molar refractivity (Wildman–Crippen MR) is 92.9 cm³/mol. The molecule has 3 rings (SSSR count). The number of hydrogen-bond donors (Lipinski definition) is 1. The summed E-state index contributed by atoms with van der Waals surface area (Å²) in [4.78, 5) is 2.41. The summed E-state index contributed by atoms with van der Waals surface area (Å²) in [5, 5.41) is 0. The minimum Gasteiger partial charge on any atom is -0.330 e. The Labute approximate surface area is 142 Å². The molecule has 1 aliphatic heterocycles. The van der Waals surface area contributed by atoms with Crippen LogP contribution in [0, 0.1) is 17.0 Å². The molecular formula is C20H24F2N2. The third-order valence-electron chi connectivity index (χ3n) is 5.12. The molecule has 1 heterocycles. The molecule has 0 radical (unpaired) electrons. The molecule has 2 nitrogen and oxygen atoms in total. The third-order valence-corrected chi connectivity index (χ3v) is 5.12. The standard InChI is InChI=1S/C20H24F2N2/c1-20(13-23)10-11-24(14-20)12-19(15-2-6-17(21)7-3-15)16-4-8-18(22)9-5-16/h2-9,19H,10-14,23H2,1H3. The molecule has 1 atom stereocenters. The van der Waals surface area contributed by atoms with Crippen LogP contribution in [0.25, 0.3) is 0 Å². The largest absolute Gasteiger partial charge is 0.330 e. The molecule has 2 N–H and O–H groups in total. The fourth-order valence-corrected chi connectivity index (χ4v) is 3.50. The second kappa shape index (κ2) is 6.99. The third kappa shape index (κ3) is 3.82. The summed E-state index contributed by atoms with van der Waals surface area (Å²) >= 11 is 0. The van der Waals surface area contributed by atoms with Crippen molar-refractivity contribution in [2.45, 2.75) is 19.3 Å². The molecule has 1 unspecified atom stereocenters. The first kappa shape index (κ1) is 17.1. The van der Waals surface area contributed by atoms with Crippen molar-refractivity contribution in [3.8, 4) is 0 Å². The van der Waals surface area contributed by atoms with Crippen molar-refractivity contribution in [2.24, 2.45) is 11.1 Å². The predicted octanol–water partition coefficient (Wildman–Crippen LogP) is 3.77. The SMILES string of the molecule is CC1(CN)CCN(CC(c2ccc(F)cc2)c2ccc(F)cc2)C1. The lowest BCUT2D eigenvalue weighted by molar-refractivity contribution is 0.274. The fraction of sp³-hybridized carbons (Fsp3) is 0.400. The Morgan fingerprint density at radius 1 is 1.00 bits per heavy atom. The molecule has 0 spiro atoms. The maximum Gasteiger partial charge on any atom is 0.123 e. The first-order chi connectivity index (χ1) is 11.5. The van der Waals surface area contributed by atoms with Gasteiger partial charge in [0, 0.05) is 19.0 Å². The van der Waals surface area contributed by atoms with E-state index in [2.05, 4.69) is 11.8 Å². The molecule has 0 aliphatic carbocycles. The first-order valence-corrected chi connectivity index (χ1v) is 8.42. The van der Waals surface area contributed by atoms with Gasteiger partial charge in [0.2, 0.25) is 0 Å². The van der Waals surface area contributed by atoms with E-state index in [1.165, 1.54) is 24.3 Å². The van der Waals surface area contributed by atoms with Crippen molar-refractivity contribution >= 4 is 0 Å². The van der Waals surface area contributed by atoms with Crippen LogP contribution in [0.3, 0.4) is 0 Å². The lowest BCUT2D eigenvalue weighted by Gasteiger charge is -2.27. The smallest absolute Gasteiger partial charge is 0.123 e. The highest BCUT2D eigenvalue weighted by molar-refractivity contribution is 5.33. The average Bonchev–Trinajstić information content (AvgIpc) is 2.96. The Bertz CT molecular complexity index is 624. The van der Waals surface area contributed by atoms with Gasteiger partial charge in [-0.15, -0.1) is 0 Å². The molecule has 2 aromatic rings. The zero-order valence-corrected chi connectivity index (χ0v) is 14.0. The van der Waals surface area contributed by atoms with Gasteiger partial charge < -0.3 is 10.6 Å². The van der Waals surface area contributed by atoms with Crippen LogP contribution < -0.4 is 5.73 Å². The number of halogens is 2. The number of hydrogen-bond acceptors (Lipinski definition) is 2. The van der Waals surface area contributed by atoms with Crippen LogP contribution in [0.1, 0.15) is 30.4 Å². The van der Waals surface area contributed by atoms with Gasteiger partial charge in [-0.25, -0.2) is 8.78 Å². The van der Waals surface area contributed by atoms with E-state index >= 15 is 0 Å². The Kier molecular flexibility index (Phi) is 4.97. The van der Waals surface area contributed by atoms with E-state index < -0.39 is 0 Å². The molecule has 1 saturated heterocycles. The molecule has 2 aromatic carbocycles. The Balaban J connectivity index is 1.85. The quantitative estimate of drug-likeness (QED) is 0.904. The van der Waals surface area contributed by atoms with E-state index in [0.717, 1.165) is 37.2 Å². The van der Waals surface area contributed by atoms with Crippen molar-refractivity contribution in [1.29, 1.82) is 0 Å². The van der Waals surface area contributed by atoms with Crippen molar-refractivity contribution in [2.75, 3.05) is 26.2 Å². The summed E-state index contributed by atoms with van der Waals surface area (Å²) in [6.07, 6.45) is 1.09. The Morgan fingerprint density at radius 2 is 1.50 bits per heavy atom.